The minimum atomic E-state index is 0.633. The number of imidazole rings is 1. The number of nitrogens with zero attached hydrogens (tertiary/aromatic N) is 6. The SMILES string of the molecule is c1ccc(-c2nc(-c3ccccc3)nc(-c3ccc(-n4c5ccccc5c5c6c(ccc54)c4ccccc4n4c5ccccc5nc64)cc3)n2)cc1. The highest BCUT2D eigenvalue weighted by Gasteiger charge is 2.21. The Balaban J connectivity index is 1.14. The van der Waals surface area contributed by atoms with Crippen molar-refractivity contribution < 1.29 is 0 Å². The van der Waals surface area contributed by atoms with Crippen LogP contribution in [0, 0.1) is 0 Å². The molecular formula is C46H28N6. The van der Waals surface area contributed by atoms with Crippen molar-refractivity contribution in [1.29, 1.82) is 0 Å². The summed E-state index contributed by atoms with van der Waals surface area (Å²) in [6, 6.07) is 59.0. The lowest BCUT2D eigenvalue weighted by Crippen LogP contribution is -2.00. The monoisotopic (exact) mass is 664 g/mol. The van der Waals surface area contributed by atoms with Crippen LogP contribution < -0.4 is 0 Å². The third-order valence-electron chi connectivity index (χ3n) is 10.1. The molecule has 0 saturated heterocycles. The second-order valence-electron chi connectivity index (χ2n) is 13.1. The first-order valence-electron chi connectivity index (χ1n) is 17.4. The van der Waals surface area contributed by atoms with Gasteiger partial charge in [0.25, 0.3) is 0 Å². The van der Waals surface area contributed by atoms with Gasteiger partial charge in [-0.1, -0.05) is 115 Å². The molecule has 7 aromatic carbocycles. The molecule has 0 aliphatic rings. The molecule has 6 heteroatoms. The lowest BCUT2D eigenvalue weighted by molar-refractivity contribution is 1.07. The van der Waals surface area contributed by atoms with Crippen LogP contribution in [-0.4, -0.2) is 28.9 Å². The van der Waals surface area contributed by atoms with Crippen molar-refractivity contribution in [3.63, 3.8) is 0 Å². The maximum Gasteiger partial charge on any atom is 0.164 e. The van der Waals surface area contributed by atoms with Gasteiger partial charge in [-0.3, -0.25) is 4.40 Å². The van der Waals surface area contributed by atoms with E-state index in [1.165, 1.54) is 21.5 Å². The van der Waals surface area contributed by atoms with Crippen molar-refractivity contribution in [3.8, 4) is 39.9 Å². The highest BCUT2D eigenvalue weighted by molar-refractivity contribution is 6.29. The molecule has 11 rings (SSSR count). The summed E-state index contributed by atoms with van der Waals surface area (Å²) >= 11 is 0. The molecule has 0 aliphatic carbocycles. The lowest BCUT2D eigenvalue weighted by atomic mass is 10.0. The van der Waals surface area contributed by atoms with Crippen LogP contribution in [0.5, 0.6) is 0 Å². The normalized spacial score (nSPS) is 11.8. The van der Waals surface area contributed by atoms with Gasteiger partial charge in [0.05, 0.1) is 27.6 Å². The quantitative estimate of drug-likeness (QED) is 0.176. The van der Waals surface area contributed by atoms with Crippen LogP contribution in [0.2, 0.25) is 0 Å². The number of para-hydroxylation sites is 4. The molecule has 0 aliphatic heterocycles. The van der Waals surface area contributed by atoms with Gasteiger partial charge in [0, 0.05) is 43.9 Å². The van der Waals surface area contributed by atoms with Crippen molar-refractivity contribution in [2.45, 2.75) is 0 Å². The molecule has 242 valence electrons. The fourth-order valence-electron chi connectivity index (χ4n) is 7.83. The summed E-state index contributed by atoms with van der Waals surface area (Å²) in [4.78, 5) is 20.1. The average Bonchev–Trinajstić information content (AvgIpc) is 3.78. The first kappa shape index (κ1) is 28.6. The van der Waals surface area contributed by atoms with Crippen LogP contribution in [-0.2, 0) is 0 Å². The van der Waals surface area contributed by atoms with E-state index in [2.05, 4.69) is 118 Å². The Morgan fingerprint density at radius 2 is 0.865 bits per heavy atom. The zero-order chi connectivity index (χ0) is 34.2. The molecule has 0 saturated carbocycles. The van der Waals surface area contributed by atoms with Crippen LogP contribution >= 0.6 is 0 Å². The minimum absolute atomic E-state index is 0.633. The number of fused-ring (bicyclic) bond motifs is 12. The molecule has 0 atom stereocenters. The molecule has 4 heterocycles. The smallest absolute Gasteiger partial charge is 0.164 e. The highest BCUT2D eigenvalue weighted by Crippen LogP contribution is 2.42. The largest absolute Gasteiger partial charge is 0.309 e. The van der Waals surface area contributed by atoms with Gasteiger partial charge in [0.2, 0.25) is 0 Å². The van der Waals surface area contributed by atoms with Crippen molar-refractivity contribution in [2.24, 2.45) is 0 Å². The summed E-state index contributed by atoms with van der Waals surface area (Å²) in [7, 11) is 0. The van der Waals surface area contributed by atoms with E-state index >= 15 is 0 Å². The van der Waals surface area contributed by atoms with Gasteiger partial charge in [0.1, 0.15) is 5.65 Å². The van der Waals surface area contributed by atoms with Crippen LogP contribution in [0.1, 0.15) is 0 Å². The van der Waals surface area contributed by atoms with E-state index in [1.807, 2.05) is 60.7 Å². The highest BCUT2D eigenvalue weighted by atomic mass is 15.0. The molecule has 52 heavy (non-hydrogen) atoms. The minimum Gasteiger partial charge on any atom is -0.309 e. The maximum absolute atomic E-state index is 5.27. The van der Waals surface area contributed by atoms with Crippen LogP contribution in [0.15, 0.2) is 170 Å². The zero-order valence-corrected chi connectivity index (χ0v) is 27.8. The Labute approximate surface area is 297 Å². The first-order valence-corrected chi connectivity index (χ1v) is 17.4. The molecule has 0 unspecified atom stereocenters. The zero-order valence-electron chi connectivity index (χ0n) is 27.8. The standard InChI is InChI=1S/C46H28N6/c1-3-13-29(14-4-1)43-48-44(30-15-5-2-6-16-30)50-45(49-43)31-23-25-32(26-24-31)51-38-21-11-8-18-35(38)41-40(51)28-27-34-33-17-7-10-20-37(33)52-39-22-12-9-19-36(39)47-46(52)42(34)41/h1-28H. The molecule has 0 N–H and O–H groups in total. The second-order valence-corrected chi connectivity index (χ2v) is 13.1. The number of hydrogen-bond donors (Lipinski definition) is 0. The predicted octanol–water partition coefficient (Wildman–Crippen LogP) is 11.1. The van der Waals surface area contributed by atoms with E-state index in [0.29, 0.717) is 17.5 Å². The summed E-state index contributed by atoms with van der Waals surface area (Å²) in [6.45, 7) is 0. The van der Waals surface area contributed by atoms with Crippen molar-refractivity contribution in [2.75, 3.05) is 0 Å². The van der Waals surface area contributed by atoms with Gasteiger partial charge in [0.15, 0.2) is 17.5 Å². The third-order valence-corrected chi connectivity index (χ3v) is 10.1. The fraction of sp³-hybridized carbons (Fsp3) is 0. The van der Waals surface area contributed by atoms with Gasteiger partial charge in [-0.15, -0.1) is 0 Å². The molecular weight excluding hydrogens is 637 g/mol. The van der Waals surface area contributed by atoms with Crippen molar-refractivity contribution in [3.05, 3.63) is 170 Å². The van der Waals surface area contributed by atoms with Gasteiger partial charge in [-0.05, 0) is 60.0 Å². The summed E-state index contributed by atoms with van der Waals surface area (Å²) < 4.78 is 4.69. The molecule has 0 amide bonds. The predicted molar refractivity (Wildman–Crippen MR) is 212 cm³/mol. The number of pyridine rings is 1. The summed E-state index contributed by atoms with van der Waals surface area (Å²) in [5, 5.41) is 5.95. The lowest BCUT2D eigenvalue weighted by Gasteiger charge is -2.12. The number of hydrogen-bond acceptors (Lipinski definition) is 4. The Kier molecular flexibility index (Phi) is 6.15. The van der Waals surface area contributed by atoms with E-state index in [-0.39, 0.29) is 0 Å². The number of rotatable bonds is 4. The molecule has 0 spiro atoms. The van der Waals surface area contributed by atoms with Crippen LogP contribution in [0.3, 0.4) is 0 Å². The van der Waals surface area contributed by atoms with E-state index in [0.717, 1.165) is 61.0 Å². The Morgan fingerprint density at radius 3 is 1.54 bits per heavy atom. The fourth-order valence-corrected chi connectivity index (χ4v) is 7.83. The van der Waals surface area contributed by atoms with E-state index in [1.54, 1.807) is 0 Å². The number of aromatic nitrogens is 6. The maximum atomic E-state index is 5.27. The summed E-state index contributed by atoms with van der Waals surface area (Å²) in [6.07, 6.45) is 0. The molecule has 4 aromatic heterocycles. The Morgan fingerprint density at radius 1 is 0.327 bits per heavy atom. The first-order chi connectivity index (χ1) is 25.8. The van der Waals surface area contributed by atoms with Crippen LogP contribution in [0.25, 0.3) is 100 Å². The van der Waals surface area contributed by atoms with E-state index in [4.69, 9.17) is 19.9 Å². The molecule has 0 bridgehead atoms. The van der Waals surface area contributed by atoms with Gasteiger partial charge in [-0.2, -0.15) is 0 Å². The van der Waals surface area contributed by atoms with Gasteiger partial charge >= 0.3 is 0 Å². The van der Waals surface area contributed by atoms with E-state index in [9.17, 15) is 0 Å². The number of benzene rings is 7. The van der Waals surface area contributed by atoms with Gasteiger partial charge < -0.3 is 4.57 Å². The summed E-state index contributed by atoms with van der Waals surface area (Å²) in [5.74, 6) is 1.93. The van der Waals surface area contributed by atoms with E-state index < -0.39 is 0 Å². The second kappa shape index (κ2) is 11.2. The van der Waals surface area contributed by atoms with Gasteiger partial charge in [-0.25, -0.2) is 19.9 Å². The van der Waals surface area contributed by atoms with Crippen molar-refractivity contribution in [1.82, 2.24) is 28.9 Å². The molecule has 11 aromatic rings. The Bertz CT molecular complexity index is 3100. The molecule has 0 radical (unpaired) electrons. The summed E-state index contributed by atoms with van der Waals surface area (Å²) in [5.41, 5.74) is 10.4. The Hall–Kier alpha value is -7.18. The van der Waals surface area contributed by atoms with Crippen molar-refractivity contribution >= 4 is 60.2 Å². The molecule has 6 nitrogen and oxygen atoms in total. The average molecular weight is 665 g/mol. The topological polar surface area (TPSA) is 60.9 Å². The van der Waals surface area contributed by atoms with Crippen LogP contribution in [0.4, 0.5) is 0 Å². The molecule has 0 fully saturated rings. The third kappa shape index (κ3) is 4.25.